The molecule has 138 valence electrons. The number of aryl methyl sites for hydroxylation is 1. The summed E-state index contributed by atoms with van der Waals surface area (Å²) in [5.41, 5.74) is 8.01. The minimum absolute atomic E-state index is 0.122. The third-order valence-corrected chi connectivity index (χ3v) is 4.50. The highest BCUT2D eigenvalue weighted by molar-refractivity contribution is 6.32. The number of benzene rings is 2. The average Bonchev–Trinajstić information content (AvgIpc) is 2.61. The van der Waals surface area contributed by atoms with E-state index in [-0.39, 0.29) is 23.8 Å². The summed E-state index contributed by atoms with van der Waals surface area (Å²) in [6.45, 7) is 3.70. The lowest BCUT2D eigenvalue weighted by atomic mass is 10.0. The molecule has 0 bridgehead atoms. The highest BCUT2D eigenvalue weighted by Gasteiger charge is 2.15. The molecule has 0 fully saturated rings. The number of carbonyl (C=O) groups is 2. The molecule has 0 saturated carbocycles. The van der Waals surface area contributed by atoms with Gasteiger partial charge in [-0.1, -0.05) is 43.1 Å². The first-order valence-electron chi connectivity index (χ1n) is 8.19. The van der Waals surface area contributed by atoms with Crippen molar-refractivity contribution in [2.75, 3.05) is 11.9 Å². The van der Waals surface area contributed by atoms with E-state index < -0.39 is 5.91 Å². The minimum Gasteiger partial charge on any atom is -0.483 e. The van der Waals surface area contributed by atoms with Crippen LogP contribution in [0, 0.1) is 0 Å². The van der Waals surface area contributed by atoms with Gasteiger partial charge in [-0.3, -0.25) is 9.59 Å². The number of nitrogens with one attached hydrogen (secondary N) is 1. The van der Waals surface area contributed by atoms with Crippen LogP contribution in [0.4, 0.5) is 5.69 Å². The largest absolute Gasteiger partial charge is 0.483 e. The van der Waals surface area contributed by atoms with E-state index in [1.54, 1.807) is 6.07 Å². The molecule has 5 nitrogen and oxygen atoms in total. The Morgan fingerprint density at radius 2 is 1.85 bits per heavy atom. The molecule has 7 heteroatoms. The van der Waals surface area contributed by atoms with Crippen LogP contribution in [0.25, 0.3) is 0 Å². The highest BCUT2D eigenvalue weighted by Crippen LogP contribution is 2.29. The van der Waals surface area contributed by atoms with Gasteiger partial charge in [0, 0.05) is 15.7 Å². The predicted molar refractivity (Wildman–Crippen MR) is 104 cm³/mol. The molecule has 0 radical (unpaired) electrons. The van der Waals surface area contributed by atoms with E-state index in [4.69, 9.17) is 33.7 Å². The van der Waals surface area contributed by atoms with Crippen LogP contribution < -0.4 is 15.8 Å². The first-order valence-corrected chi connectivity index (χ1v) is 8.95. The Labute approximate surface area is 162 Å². The third-order valence-electron chi connectivity index (χ3n) is 3.91. The number of anilines is 1. The number of primary amides is 1. The molecule has 0 unspecified atom stereocenters. The molecule has 26 heavy (non-hydrogen) atoms. The van der Waals surface area contributed by atoms with Crippen molar-refractivity contribution in [3.8, 4) is 5.75 Å². The second-order valence-corrected chi connectivity index (χ2v) is 6.45. The molecule has 0 aromatic heterocycles. The van der Waals surface area contributed by atoms with E-state index in [9.17, 15) is 9.59 Å². The zero-order chi connectivity index (χ0) is 19.3. The summed E-state index contributed by atoms with van der Waals surface area (Å²) in [5, 5.41) is 3.82. The van der Waals surface area contributed by atoms with Gasteiger partial charge in [0.15, 0.2) is 6.61 Å². The summed E-state index contributed by atoms with van der Waals surface area (Å²) < 4.78 is 5.46. The smallest absolute Gasteiger partial charge is 0.262 e. The van der Waals surface area contributed by atoms with E-state index in [0.29, 0.717) is 22.2 Å². The number of rotatable bonds is 7. The zero-order valence-corrected chi connectivity index (χ0v) is 16.1. The fourth-order valence-corrected chi connectivity index (χ4v) is 3.07. The second-order valence-electron chi connectivity index (χ2n) is 5.61. The molecule has 2 rings (SSSR count). The van der Waals surface area contributed by atoms with E-state index >= 15 is 0 Å². The van der Waals surface area contributed by atoms with E-state index in [2.05, 4.69) is 5.32 Å². The topological polar surface area (TPSA) is 81.4 Å². The maximum absolute atomic E-state index is 12.4. The van der Waals surface area contributed by atoms with Crippen molar-refractivity contribution in [3.05, 3.63) is 57.1 Å². The maximum atomic E-state index is 12.4. The van der Waals surface area contributed by atoms with Gasteiger partial charge in [-0.2, -0.15) is 0 Å². The molecule has 2 amide bonds. The fraction of sp³-hybridized carbons (Fsp3) is 0.263. The van der Waals surface area contributed by atoms with Crippen LogP contribution in [0.15, 0.2) is 30.3 Å². The van der Waals surface area contributed by atoms with Crippen LogP contribution >= 0.6 is 23.2 Å². The second kappa shape index (κ2) is 8.92. The Bertz CT molecular complexity index is 838. The van der Waals surface area contributed by atoms with Gasteiger partial charge in [0.25, 0.3) is 11.8 Å². The van der Waals surface area contributed by atoms with Crippen LogP contribution in [-0.2, 0) is 17.6 Å². The van der Waals surface area contributed by atoms with Crippen molar-refractivity contribution in [1.82, 2.24) is 0 Å². The van der Waals surface area contributed by atoms with Gasteiger partial charge in [-0.05, 0) is 48.2 Å². The van der Waals surface area contributed by atoms with Crippen LogP contribution in [0.3, 0.4) is 0 Å². The van der Waals surface area contributed by atoms with Crippen LogP contribution in [0.2, 0.25) is 10.0 Å². The number of carbonyl (C=O) groups excluding carboxylic acids is 2. The molecule has 0 aliphatic heterocycles. The van der Waals surface area contributed by atoms with E-state index in [1.807, 2.05) is 26.0 Å². The molecule has 2 aromatic carbocycles. The number of halogens is 2. The molecule has 2 aromatic rings. The predicted octanol–water partition coefficient (Wildman–Crippen LogP) is 4.23. The van der Waals surface area contributed by atoms with Gasteiger partial charge < -0.3 is 15.8 Å². The van der Waals surface area contributed by atoms with E-state index in [0.717, 1.165) is 17.5 Å². The summed E-state index contributed by atoms with van der Waals surface area (Å²) in [7, 11) is 0. The molecule has 0 spiro atoms. The average molecular weight is 395 g/mol. The minimum atomic E-state index is -0.681. The quantitative estimate of drug-likeness (QED) is 0.736. The fourth-order valence-electron chi connectivity index (χ4n) is 2.61. The van der Waals surface area contributed by atoms with Crippen molar-refractivity contribution in [1.29, 1.82) is 0 Å². The maximum Gasteiger partial charge on any atom is 0.262 e. The summed E-state index contributed by atoms with van der Waals surface area (Å²) in [4.78, 5) is 23.8. The van der Waals surface area contributed by atoms with E-state index in [1.165, 1.54) is 12.1 Å². The summed E-state index contributed by atoms with van der Waals surface area (Å²) in [5.74, 6) is -0.837. The van der Waals surface area contributed by atoms with Crippen LogP contribution in [0.1, 0.15) is 35.3 Å². The standard InChI is InChI=1S/C19H20Cl2N2O3/c1-3-11-5-7-15(21)13(4-2)18(11)23-17(24)10-26-16-8-6-12(20)9-14(16)19(22)25/h5-9H,3-4,10H2,1-2H3,(H2,22,25)(H,23,24). The summed E-state index contributed by atoms with van der Waals surface area (Å²) in [6.07, 6.45) is 1.44. The Kier molecular flexibility index (Phi) is 6.89. The number of amides is 2. The van der Waals surface area contributed by atoms with Gasteiger partial charge >= 0.3 is 0 Å². The molecule has 0 heterocycles. The molecular weight excluding hydrogens is 375 g/mol. The Morgan fingerprint density at radius 3 is 2.46 bits per heavy atom. The number of ether oxygens (including phenoxy) is 1. The molecule has 0 saturated heterocycles. The Balaban J connectivity index is 2.16. The van der Waals surface area contributed by atoms with Crippen molar-refractivity contribution < 1.29 is 14.3 Å². The lowest BCUT2D eigenvalue weighted by Gasteiger charge is -2.16. The molecule has 3 N–H and O–H groups in total. The van der Waals surface area contributed by atoms with Crippen LogP contribution in [-0.4, -0.2) is 18.4 Å². The summed E-state index contributed by atoms with van der Waals surface area (Å²) >= 11 is 12.1. The van der Waals surface area contributed by atoms with Gasteiger partial charge in [0.1, 0.15) is 5.75 Å². The number of hydrogen-bond acceptors (Lipinski definition) is 3. The van der Waals surface area contributed by atoms with Crippen LogP contribution in [0.5, 0.6) is 5.75 Å². The first kappa shape index (κ1) is 20.1. The summed E-state index contributed by atoms with van der Waals surface area (Å²) in [6, 6.07) is 8.19. The third kappa shape index (κ3) is 4.68. The molecule has 0 aliphatic rings. The van der Waals surface area contributed by atoms with Crippen molar-refractivity contribution >= 4 is 40.7 Å². The lowest BCUT2D eigenvalue weighted by molar-refractivity contribution is -0.118. The van der Waals surface area contributed by atoms with Crippen molar-refractivity contribution in [3.63, 3.8) is 0 Å². The normalized spacial score (nSPS) is 10.5. The first-order chi connectivity index (χ1) is 12.4. The monoisotopic (exact) mass is 394 g/mol. The van der Waals surface area contributed by atoms with Crippen molar-refractivity contribution in [2.45, 2.75) is 26.7 Å². The molecule has 0 atom stereocenters. The van der Waals surface area contributed by atoms with Gasteiger partial charge in [0.2, 0.25) is 0 Å². The molecule has 0 aliphatic carbocycles. The number of nitrogens with two attached hydrogens (primary N) is 1. The molecular formula is C19H20Cl2N2O3. The zero-order valence-electron chi connectivity index (χ0n) is 14.6. The van der Waals surface area contributed by atoms with Gasteiger partial charge in [-0.15, -0.1) is 0 Å². The SMILES string of the molecule is CCc1ccc(Cl)c(CC)c1NC(=O)COc1ccc(Cl)cc1C(N)=O. The van der Waals surface area contributed by atoms with Gasteiger partial charge in [-0.25, -0.2) is 0 Å². The number of hydrogen-bond donors (Lipinski definition) is 2. The van der Waals surface area contributed by atoms with Gasteiger partial charge in [0.05, 0.1) is 5.56 Å². The Morgan fingerprint density at radius 1 is 1.12 bits per heavy atom. The lowest BCUT2D eigenvalue weighted by Crippen LogP contribution is -2.23. The highest BCUT2D eigenvalue weighted by atomic mass is 35.5. The Hall–Kier alpha value is -2.24. The van der Waals surface area contributed by atoms with Crippen molar-refractivity contribution in [2.24, 2.45) is 5.73 Å².